The third-order valence-electron chi connectivity index (χ3n) is 3.94. The van der Waals surface area contributed by atoms with Gasteiger partial charge < -0.3 is 5.32 Å². The molecule has 0 radical (unpaired) electrons. The molecule has 0 aromatic heterocycles. The highest BCUT2D eigenvalue weighted by molar-refractivity contribution is 4.89. The third-order valence-corrected chi connectivity index (χ3v) is 3.94. The lowest BCUT2D eigenvalue weighted by molar-refractivity contribution is 0.153. The minimum Gasteiger partial charge on any atom is -0.310 e. The Bertz CT molecular complexity index is 203. The van der Waals surface area contributed by atoms with Crippen LogP contribution in [0.4, 0.5) is 0 Å². The van der Waals surface area contributed by atoms with Crippen molar-refractivity contribution in [1.82, 2.24) is 10.2 Å². The fourth-order valence-corrected chi connectivity index (χ4v) is 2.70. The predicted molar refractivity (Wildman–Crippen MR) is 71.8 cm³/mol. The van der Waals surface area contributed by atoms with E-state index in [4.69, 9.17) is 0 Å². The van der Waals surface area contributed by atoms with Gasteiger partial charge in [0.25, 0.3) is 0 Å². The van der Waals surface area contributed by atoms with Gasteiger partial charge in [0.2, 0.25) is 0 Å². The summed E-state index contributed by atoms with van der Waals surface area (Å²) in [6.45, 7) is 15.3. The zero-order chi connectivity index (χ0) is 12.2. The minimum absolute atomic E-state index is 0.321. The molecule has 1 aliphatic heterocycles. The lowest BCUT2D eigenvalue weighted by Gasteiger charge is -2.36. The van der Waals surface area contributed by atoms with Gasteiger partial charge >= 0.3 is 0 Å². The monoisotopic (exact) mass is 226 g/mol. The molecule has 1 aliphatic rings. The van der Waals surface area contributed by atoms with E-state index < -0.39 is 0 Å². The summed E-state index contributed by atoms with van der Waals surface area (Å²) < 4.78 is 0. The van der Waals surface area contributed by atoms with E-state index in [0.29, 0.717) is 5.54 Å². The maximum atomic E-state index is 3.70. The molecule has 96 valence electrons. The van der Waals surface area contributed by atoms with Gasteiger partial charge in [0, 0.05) is 18.1 Å². The van der Waals surface area contributed by atoms with Crippen molar-refractivity contribution in [2.24, 2.45) is 5.92 Å². The molecular weight excluding hydrogens is 196 g/mol. The van der Waals surface area contributed by atoms with Crippen LogP contribution in [0.1, 0.15) is 53.9 Å². The lowest BCUT2D eigenvalue weighted by Crippen LogP contribution is -2.50. The Balaban J connectivity index is 2.57. The molecule has 1 heterocycles. The Hall–Kier alpha value is -0.0800. The van der Waals surface area contributed by atoms with Gasteiger partial charge in [-0.3, -0.25) is 4.90 Å². The highest BCUT2D eigenvalue weighted by Crippen LogP contribution is 2.19. The molecular formula is C14H30N2. The van der Waals surface area contributed by atoms with Crippen LogP contribution in [-0.2, 0) is 0 Å². The number of hydrogen-bond acceptors (Lipinski definition) is 2. The van der Waals surface area contributed by atoms with E-state index >= 15 is 0 Å². The molecule has 2 atom stereocenters. The van der Waals surface area contributed by atoms with Crippen LogP contribution in [0.25, 0.3) is 0 Å². The van der Waals surface area contributed by atoms with Gasteiger partial charge in [-0.1, -0.05) is 20.8 Å². The first-order valence-electron chi connectivity index (χ1n) is 6.96. The second kappa shape index (κ2) is 6.02. The van der Waals surface area contributed by atoms with E-state index in [2.05, 4.69) is 44.8 Å². The predicted octanol–water partition coefficient (Wildman–Crippen LogP) is 2.89. The van der Waals surface area contributed by atoms with Gasteiger partial charge in [-0.15, -0.1) is 0 Å². The first kappa shape index (κ1) is 14.0. The quantitative estimate of drug-likeness (QED) is 0.793. The van der Waals surface area contributed by atoms with Gasteiger partial charge in [-0.2, -0.15) is 0 Å². The van der Waals surface area contributed by atoms with Gasteiger partial charge in [0.05, 0.1) is 0 Å². The average molecular weight is 226 g/mol. The first-order valence-corrected chi connectivity index (χ1v) is 6.96. The normalized spacial score (nSPS) is 30.4. The maximum absolute atomic E-state index is 3.70. The second-order valence-electron chi connectivity index (χ2n) is 6.14. The van der Waals surface area contributed by atoms with Crippen molar-refractivity contribution < 1.29 is 0 Å². The van der Waals surface area contributed by atoms with Crippen molar-refractivity contribution in [2.45, 2.75) is 65.5 Å². The Morgan fingerprint density at radius 2 is 2.00 bits per heavy atom. The molecule has 0 saturated carbocycles. The van der Waals surface area contributed by atoms with Gasteiger partial charge in [-0.25, -0.2) is 0 Å². The standard InChI is InChI=1S/C14H30N2/c1-6-14(5)11-16(9-7-8-15-14)13(4)10-12(2)3/h12-13,15H,6-11H2,1-5H3. The molecule has 0 aliphatic carbocycles. The Morgan fingerprint density at radius 1 is 1.31 bits per heavy atom. The lowest BCUT2D eigenvalue weighted by atomic mass is 9.96. The number of rotatable bonds is 4. The molecule has 2 heteroatoms. The number of nitrogens with zero attached hydrogens (tertiary/aromatic N) is 1. The Labute approximate surface area is 102 Å². The van der Waals surface area contributed by atoms with E-state index in [1.807, 2.05) is 0 Å². The molecule has 1 fully saturated rings. The fourth-order valence-electron chi connectivity index (χ4n) is 2.70. The van der Waals surface area contributed by atoms with Crippen molar-refractivity contribution in [3.63, 3.8) is 0 Å². The van der Waals surface area contributed by atoms with Crippen molar-refractivity contribution in [3.8, 4) is 0 Å². The molecule has 0 aromatic carbocycles. The zero-order valence-corrected chi connectivity index (χ0v) is 11.8. The number of hydrogen-bond donors (Lipinski definition) is 1. The fraction of sp³-hybridized carbons (Fsp3) is 1.00. The van der Waals surface area contributed by atoms with Crippen LogP contribution in [0.3, 0.4) is 0 Å². The van der Waals surface area contributed by atoms with Crippen LogP contribution in [-0.4, -0.2) is 36.1 Å². The largest absolute Gasteiger partial charge is 0.310 e. The molecule has 2 nitrogen and oxygen atoms in total. The maximum Gasteiger partial charge on any atom is 0.0277 e. The average Bonchev–Trinajstić information content (AvgIpc) is 2.40. The zero-order valence-electron chi connectivity index (χ0n) is 11.8. The van der Waals surface area contributed by atoms with E-state index in [1.165, 1.54) is 38.9 Å². The van der Waals surface area contributed by atoms with Crippen LogP contribution in [0, 0.1) is 5.92 Å². The van der Waals surface area contributed by atoms with Crippen LogP contribution >= 0.6 is 0 Å². The summed E-state index contributed by atoms with van der Waals surface area (Å²) in [4.78, 5) is 2.68. The van der Waals surface area contributed by atoms with E-state index in [9.17, 15) is 0 Å². The van der Waals surface area contributed by atoms with Crippen LogP contribution in [0.15, 0.2) is 0 Å². The summed E-state index contributed by atoms with van der Waals surface area (Å²) in [5.41, 5.74) is 0.321. The van der Waals surface area contributed by atoms with Gasteiger partial charge in [0.15, 0.2) is 0 Å². The van der Waals surface area contributed by atoms with E-state index in [0.717, 1.165) is 12.0 Å². The molecule has 0 amide bonds. The summed E-state index contributed by atoms with van der Waals surface area (Å²) in [6, 6.07) is 0.728. The van der Waals surface area contributed by atoms with Gasteiger partial charge in [-0.05, 0) is 52.1 Å². The molecule has 0 bridgehead atoms. The summed E-state index contributed by atoms with van der Waals surface area (Å²) in [6.07, 6.45) is 3.83. The molecule has 1 N–H and O–H groups in total. The van der Waals surface area contributed by atoms with Crippen molar-refractivity contribution in [3.05, 3.63) is 0 Å². The van der Waals surface area contributed by atoms with E-state index in [-0.39, 0.29) is 0 Å². The summed E-state index contributed by atoms with van der Waals surface area (Å²) in [7, 11) is 0. The molecule has 1 rings (SSSR count). The molecule has 0 aromatic rings. The second-order valence-corrected chi connectivity index (χ2v) is 6.14. The molecule has 0 spiro atoms. The third kappa shape index (κ3) is 4.06. The van der Waals surface area contributed by atoms with Crippen molar-refractivity contribution in [1.29, 1.82) is 0 Å². The van der Waals surface area contributed by atoms with Crippen molar-refractivity contribution in [2.75, 3.05) is 19.6 Å². The molecule has 1 saturated heterocycles. The van der Waals surface area contributed by atoms with Crippen LogP contribution < -0.4 is 5.32 Å². The molecule has 2 unspecified atom stereocenters. The highest BCUT2D eigenvalue weighted by atomic mass is 15.2. The van der Waals surface area contributed by atoms with Crippen LogP contribution in [0.2, 0.25) is 0 Å². The molecule has 16 heavy (non-hydrogen) atoms. The summed E-state index contributed by atoms with van der Waals surface area (Å²) in [5, 5.41) is 3.70. The number of nitrogens with one attached hydrogen (secondary N) is 1. The summed E-state index contributed by atoms with van der Waals surface area (Å²) >= 11 is 0. The van der Waals surface area contributed by atoms with E-state index in [1.54, 1.807) is 0 Å². The van der Waals surface area contributed by atoms with Crippen LogP contribution in [0.5, 0.6) is 0 Å². The summed E-state index contributed by atoms with van der Waals surface area (Å²) in [5.74, 6) is 0.805. The van der Waals surface area contributed by atoms with Crippen molar-refractivity contribution >= 4 is 0 Å². The van der Waals surface area contributed by atoms with Gasteiger partial charge in [0.1, 0.15) is 0 Å². The SMILES string of the molecule is CCC1(C)CN(C(C)CC(C)C)CCCN1. The minimum atomic E-state index is 0.321. The first-order chi connectivity index (χ1) is 7.47. The Kier molecular flexibility index (Phi) is 5.26. The topological polar surface area (TPSA) is 15.3 Å². The Morgan fingerprint density at radius 3 is 2.56 bits per heavy atom. The smallest absolute Gasteiger partial charge is 0.0277 e. The highest BCUT2D eigenvalue weighted by Gasteiger charge is 2.29.